The van der Waals surface area contributed by atoms with E-state index in [0.717, 1.165) is 0 Å². The van der Waals surface area contributed by atoms with Crippen molar-refractivity contribution in [2.75, 3.05) is 25.9 Å². The first kappa shape index (κ1) is 13.9. The minimum absolute atomic E-state index is 0.0769. The predicted molar refractivity (Wildman–Crippen MR) is 69.7 cm³/mol. The van der Waals surface area contributed by atoms with Crippen LogP contribution in [0.1, 0.15) is 6.92 Å². The van der Waals surface area contributed by atoms with Crippen molar-refractivity contribution in [3.63, 3.8) is 0 Å². The van der Waals surface area contributed by atoms with Crippen molar-refractivity contribution in [2.45, 2.75) is 6.92 Å². The van der Waals surface area contributed by atoms with Crippen molar-refractivity contribution in [3.05, 3.63) is 22.2 Å². The van der Waals surface area contributed by atoms with Crippen LogP contribution in [0.5, 0.6) is 5.75 Å². The number of nitrogens with two attached hydrogens (primary N) is 1. The number of carbonyl (C=O) groups is 1. The standard InChI is InChI=1S/C11H14Cl2N2O2/c1-3-15(2)11(16)6-17-10-5-8(13)7(12)4-9(10)14/h4-5H,3,6,14H2,1-2H3. The van der Waals surface area contributed by atoms with Gasteiger partial charge in [-0.15, -0.1) is 0 Å². The maximum atomic E-state index is 11.5. The number of nitrogen functional groups attached to an aromatic ring is 1. The highest BCUT2D eigenvalue weighted by Gasteiger charge is 2.10. The van der Waals surface area contributed by atoms with Crippen LogP contribution in [-0.2, 0) is 4.79 Å². The molecule has 0 aliphatic carbocycles. The molecule has 4 nitrogen and oxygen atoms in total. The number of rotatable bonds is 4. The number of hydrogen-bond acceptors (Lipinski definition) is 3. The second-order valence-corrected chi connectivity index (χ2v) is 4.32. The minimum Gasteiger partial charge on any atom is -0.482 e. The van der Waals surface area contributed by atoms with Gasteiger partial charge in [0.05, 0.1) is 15.7 Å². The molecular formula is C11H14Cl2N2O2. The highest BCUT2D eigenvalue weighted by Crippen LogP contribution is 2.32. The van der Waals surface area contributed by atoms with Crippen molar-refractivity contribution in [3.8, 4) is 5.75 Å². The summed E-state index contributed by atoms with van der Waals surface area (Å²) in [4.78, 5) is 13.1. The first-order valence-corrected chi connectivity index (χ1v) is 5.82. The lowest BCUT2D eigenvalue weighted by atomic mass is 10.3. The largest absolute Gasteiger partial charge is 0.482 e. The van der Waals surface area contributed by atoms with Crippen LogP contribution >= 0.6 is 23.2 Å². The first-order valence-electron chi connectivity index (χ1n) is 5.07. The Morgan fingerprint density at radius 1 is 1.41 bits per heavy atom. The molecule has 0 unspecified atom stereocenters. The van der Waals surface area contributed by atoms with Crippen LogP contribution < -0.4 is 10.5 Å². The Bertz CT molecular complexity index is 424. The molecule has 0 spiro atoms. The Morgan fingerprint density at radius 3 is 2.59 bits per heavy atom. The average Bonchev–Trinajstić information content (AvgIpc) is 2.30. The van der Waals surface area contributed by atoms with E-state index < -0.39 is 0 Å². The molecule has 0 saturated carbocycles. The van der Waals surface area contributed by atoms with Gasteiger partial charge in [-0.25, -0.2) is 0 Å². The second-order valence-electron chi connectivity index (χ2n) is 3.50. The molecule has 17 heavy (non-hydrogen) atoms. The molecule has 0 saturated heterocycles. The zero-order chi connectivity index (χ0) is 13.0. The van der Waals surface area contributed by atoms with Crippen molar-refractivity contribution >= 4 is 34.8 Å². The van der Waals surface area contributed by atoms with Crippen molar-refractivity contribution in [1.29, 1.82) is 0 Å². The molecule has 0 atom stereocenters. The van der Waals surface area contributed by atoms with E-state index in [0.29, 0.717) is 28.0 Å². The topological polar surface area (TPSA) is 55.6 Å². The molecule has 0 aromatic heterocycles. The van der Waals surface area contributed by atoms with E-state index in [-0.39, 0.29) is 12.5 Å². The summed E-state index contributed by atoms with van der Waals surface area (Å²) in [6.45, 7) is 2.43. The van der Waals surface area contributed by atoms with Gasteiger partial charge in [0.1, 0.15) is 5.75 Å². The summed E-state index contributed by atoms with van der Waals surface area (Å²) in [5.41, 5.74) is 6.05. The quantitative estimate of drug-likeness (QED) is 0.860. The molecule has 1 amide bonds. The van der Waals surface area contributed by atoms with Gasteiger partial charge in [-0.2, -0.15) is 0 Å². The van der Waals surface area contributed by atoms with Crippen molar-refractivity contribution < 1.29 is 9.53 Å². The number of nitrogens with zero attached hydrogens (tertiary/aromatic N) is 1. The molecule has 0 heterocycles. The van der Waals surface area contributed by atoms with Gasteiger partial charge < -0.3 is 15.4 Å². The smallest absolute Gasteiger partial charge is 0.260 e. The van der Waals surface area contributed by atoms with Crippen LogP contribution in [0.15, 0.2) is 12.1 Å². The van der Waals surface area contributed by atoms with E-state index in [9.17, 15) is 4.79 Å². The van der Waals surface area contributed by atoms with Crippen LogP contribution in [0.25, 0.3) is 0 Å². The van der Waals surface area contributed by atoms with Gasteiger partial charge in [0.2, 0.25) is 0 Å². The number of anilines is 1. The summed E-state index contributed by atoms with van der Waals surface area (Å²) in [6.07, 6.45) is 0. The SMILES string of the molecule is CCN(C)C(=O)COc1cc(Cl)c(Cl)cc1N. The number of benzene rings is 1. The minimum atomic E-state index is -0.127. The monoisotopic (exact) mass is 276 g/mol. The molecule has 0 aliphatic rings. The van der Waals surface area contributed by atoms with Crippen molar-refractivity contribution in [1.82, 2.24) is 4.90 Å². The molecule has 0 fully saturated rings. The molecule has 0 aliphatic heterocycles. The second kappa shape index (κ2) is 5.98. The number of amides is 1. The lowest BCUT2D eigenvalue weighted by Crippen LogP contribution is -2.31. The van der Waals surface area contributed by atoms with Crippen LogP contribution in [0, 0.1) is 0 Å². The van der Waals surface area contributed by atoms with Gasteiger partial charge in [-0.05, 0) is 13.0 Å². The Balaban J connectivity index is 2.70. The van der Waals surface area contributed by atoms with Gasteiger partial charge in [-0.3, -0.25) is 4.79 Å². The fourth-order valence-electron chi connectivity index (χ4n) is 1.10. The number of halogens is 2. The third kappa shape index (κ3) is 3.68. The maximum absolute atomic E-state index is 11.5. The summed E-state index contributed by atoms with van der Waals surface area (Å²) in [6, 6.07) is 2.99. The highest BCUT2D eigenvalue weighted by molar-refractivity contribution is 6.42. The van der Waals surface area contributed by atoms with Gasteiger partial charge in [0.25, 0.3) is 5.91 Å². The highest BCUT2D eigenvalue weighted by atomic mass is 35.5. The van der Waals surface area contributed by atoms with Crippen LogP contribution in [0.2, 0.25) is 10.0 Å². The number of hydrogen-bond donors (Lipinski definition) is 1. The zero-order valence-electron chi connectivity index (χ0n) is 9.67. The normalized spacial score (nSPS) is 10.1. The lowest BCUT2D eigenvalue weighted by Gasteiger charge is -2.15. The Hall–Kier alpha value is -1.13. The first-order chi connectivity index (χ1) is 7.95. The zero-order valence-corrected chi connectivity index (χ0v) is 11.2. The molecule has 1 aromatic rings. The fourth-order valence-corrected chi connectivity index (χ4v) is 1.42. The molecular weight excluding hydrogens is 263 g/mol. The predicted octanol–water partition coefficient (Wildman–Crippen LogP) is 2.43. The van der Waals surface area contributed by atoms with Crippen LogP contribution in [-0.4, -0.2) is 31.0 Å². The number of carbonyl (C=O) groups excluding carboxylic acids is 1. The Labute approximate surface area is 110 Å². The Morgan fingerprint density at radius 2 is 2.00 bits per heavy atom. The van der Waals surface area contributed by atoms with E-state index in [2.05, 4.69) is 0 Å². The van der Waals surface area contributed by atoms with Crippen molar-refractivity contribution in [2.24, 2.45) is 0 Å². The van der Waals surface area contributed by atoms with Crippen LogP contribution in [0.4, 0.5) is 5.69 Å². The summed E-state index contributed by atoms with van der Waals surface area (Å²) < 4.78 is 5.30. The van der Waals surface area contributed by atoms with Crippen LogP contribution in [0.3, 0.4) is 0 Å². The fraction of sp³-hybridized carbons (Fsp3) is 0.364. The van der Waals surface area contributed by atoms with Gasteiger partial charge in [0.15, 0.2) is 6.61 Å². The maximum Gasteiger partial charge on any atom is 0.260 e. The summed E-state index contributed by atoms with van der Waals surface area (Å²) >= 11 is 11.6. The van der Waals surface area contributed by atoms with E-state index >= 15 is 0 Å². The number of ether oxygens (including phenoxy) is 1. The van der Waals surface area contributed by atoms with E-state index in [1.165, 1.54) is 12.1 Å². The molecule has 1 aromatic carbocycles. The molecule has 1 rings (SSSR count). The third-order valence-electron chi connectivity index (χ3n) is 2.30. The lowest BCUT2D eigenvalue weighted by molar-refractivity contribution is -0.131. The molecule has 94 valence electrons. The van der Waals surface area contributed by atoms with E-state index in [1.807, 2.05) is 6.92 Å². The molecule has 0 bridgehead atoms. The molecule has 2 N–H and O–H groups in total. The third-order valence-corrected chi connectivity index (χ3v) is 3.03. The van der Waals surface area contributed by atoms with Gasteiger partial charge in [0, 0.05) is 19.7 Å². The van der Waals surface area contributed by atoms with Gasteiger partial charge >= 0.3 is 0 Å². The summed E-state index contributed by atoms with van der Waals surface area (Å²) in [7, 11) is 1.70. The number of likely N-dealkylation sites (N-methyl/N-ethyl adjacent to an activating group) is 1. The molecule has 0 radical (unpaired) electrons. The Kier molecular flexibility index (Phi) is 4.90. The van der Waals surface area contributed by atoms with Gasteiger partial charge in [-0.1, -0.05) is 23.2 Å². The summed E-state index contributed by atoms with van der Waals surface area (Å²) in [5.74, 6) is 0.232. The molecule has 6 heteroatoms. The summed E-state index contributed by atoms with van der Waals surface area (Å²) in [5, 5.41) is 0.695. The van der Waals surface area contributed by atoms with E-state index in [1.54, 1.807) is 11.9 Å². The van der Waals surface area contributed by atoms with E-state index in [4.69, 9.17) is 33.7 Å². The average molecular weight is 277 g/mol.